The summed E-state index contributed by atoms with van der Waals surface area (Å²) in [5.41, 5.74) is -1.38. The fraction of sp³-hybridized carbons (Fsp3) is 0.900. The van der Waals surface area contributed by atoms with Gasteiger partial charge < -0.3 is 9.47 Å². The molecule has 0 amide bonds. The Morgan fingerprint density at radius 3 is 2.65 bits per heavy atom. The summed E-state index contributed by atoms with van der Waals surface area (Å²) in [4.78, 5) is 11.8. The van der Waals surface area contributed by atoms with Crippen molar-refractivity contribution >= 4 is 5.97 Å². The van der Waals surface area contributed by atoms with E-state index >= 15 is 0 Å². The predicted molar refractivity (Wildman–Crippen MR) is 53.5 cm³/mol. The molecule has 2 unspecified atom stereocenters. The van der Waals surface area contributed by atoms with Gasteiger partial charge in [-0.2, -0.15) is 13.2 Å². The van der Waals surface area contributed by atoms with E-state index in [1.807, 2.05) is 0 Å². The van der Waals surface area contributed by atoms with Crippen molar-refractivity contribution in [2.75, 3.05) is 19.8 Å². The summed E-state index contributed by atoms with van der Waals surface area (Å²) in [6, 6.07) is 0. The van der Waals surface area contributed by atoms with Crippen molar-refractivity contribution in [2.24, 2.45) is 0 Å². The molecule has 0 aromatic heterocycles. The van der Waals surface area contributed by atoms with E-state index in [1.165, 1.54) is 0 Å². The van der Waals surface area contributed by atoms with E-state index in [0.717, 1.165) is 0 Å². The third-order valence-electron chi connectivity index (χ3n) is 2.80. The van der Waals surface area contributed by atoms with E-state index < -0.39 is 30.3 Å². The lowest BCUT2D eigenvalue weighted by atomic mass is 9.92. The number of esters is 1. The highest BCUT2D eigenvalue weighted by Gasteiger charge is 2.50. The predicted octanol–water partition coefficient (Wildman–Crippen LogP) is 1.25. The van der Waals surface area contributed by atoms with E-state index in [4.69, 9.17) is 9.47 Å². The molecule has 1 saturated heterocycles. The Kier molecular flexibility index (Phi) is 4.37. The summed E-state index contributed by atoms with van der Waals surface area (Å²) < 4.78 is 46.6. The Hall–Kier alpha value is -0.820. The average Bonchev–Trinajstić information content (AvgIpc) is 2.57. The SMILES string of the molecule is CCOC(=O)C1(NCC(F)(F)F)CCOC1C. The zero-order chi connectivity index (χ0) is 13.1. The van der Waals surface area contributed by atoms with Crippen molar-refractivity contribution in [2.45, 2.75) is 38.1 Å². The van der Waals surface area contributed by atoms with Crippen molar-refractivity contribution in [3.8, 4) is 0 Å². The molecule has 100 valence electrons. The summed E-state index contributed by atoms with van der Waals surface area (Å²) in [6.45, 7) is 2.30. The minimum atomic E-state index is -4.37. The van der Waals surface area contributed by atoms with Crippen LogP contribution in [0.3, 0.4) is 0 Å². The molecule has 0 spiro atoms. The number of hydrogen-bond acceptors (Lipinski definition) is 4. The first-order valence-corrected chi connectivity index (χ1v) is 5.42. The maximum atomic E-state index is 12.2. The first kappa shape index (κ1) is 14.2. The molecule has 0 aromatic rings. The fourth-order valence-electron chi connectivity index (χ4n) is 1.83. The van der Waals surface area contributed by atoms with Crippen LogP contribution in [0, 0.1) is 0 Å². The lowest BCUT2D eigenvalue weighted by molar-refractivity contribution is -0.158. The van der Waals surface area contributed by atoms with E-state index in [9.17, 15) is 18.0 Å². The minimum absolute atomic E-state index is 0.126. The molecule has 1 fully saturated rings. The molecule has 17 heavy (non-hydrogen) atoms. The number of alkyl halides is 3. The third kappa shape index (κ3) is 3.32. The summed E-state index contributed by atoms with van der Waals surface area (Å²) in [5.74, 6) is -0.686. The van der Waals surface area contributed by atoms with Gasteiger partial charge in [0.1, 0.15) is 5.54 Å². The van der Waals surface area contributed by atoms with E-state index in [0.29, 0.717) is 0 Å². The molecule has 1 N–H and O–H groups in total. The van der Waals surface area contributed by atoms with Crippen LogP contribution in [0.2, 0.25) is 0 Å². The Bertz CT molecular complexity index is 282. The zero-order valence-electron chi connectivity index (χ0n) is 9.76. The first-order valence-electron chi connectivity index (χ1n) is 5.42. The lowest BCUT2D eigenvalue weighted by Crippen LogP contribution is -2.59. The number of carbonyl (C=O) groups excluding carboxylic acids is 1. The summed E-state index contributed by atoms with van der Waals surface area (Å²) in [7, 11) is 0. The number of carbonyl (C=O) groups is 1. The Morgan fingerprint density at radius 1 is 1.59 bits per heavy atom. The molecule has 1 aliphatic rings. The molecule has 0 bridgehead atoms. The van der Waals surface area contributed by atoms with Crippen LogP contribution in [0.1, 0.15) is 20.3 Å². The molecular weight excluding hydrogens is 239 g/mol. The molecule has 0 saturated carbocycles. The second kappa shape index (κ2) is 5.22. The normalized spacial score (nSPS) is 29.4. The lowest BCUT2D eigenvalue weighted by Gasteiger charge is -2.31. The average molecular weight is 255 g/mol. The highest BCUT2D eigenvalue weighted by atomic mass is 19.4. The molecule has 7 heteroatoms. The molecular formula is C10H16F3NO3. The molecule has 0 aromatic carbocycles. The van der Waals surface area contributed by atoms with Gasteiger partial charge in [0.05, 0.1) is 19.3 Å². The number of rotatable bonds is 4. The fourth-order valence-corrected chi connectivity index (χ4v) is 1.83. The van der Waals surface area contributed by atoms with Crippen LogP contribution < -0.4 is 5.32 Å². The van der Waals surface area contributed by atoms with Gasteiger partial charge >= 0.3 is 12.1 Å². The second-order valence-electron chi connectivity index (χ2n) is 3.92. The second-order valence-corrected chi connectivity index (χ2v) is 3.92. The maximum Gasteiger partial charge on any atom is 0.401 e. The van der Waals surface area contributed by atoms with Crippen molar-refractivity contribution in [3.63, 3.8) is 0 Å². The summed E-state index contributed by atoms with van der Waals surface area (Å²) >= 11 is 0. The number of halogens is 3. The number of hydrogen-bond donors (Lipinski definition) is 1. The van der Waals surface area contributed by atoms with Crippen LogP contribution in [-0.2, 0) is 14.3 Å². The Labute approximate surface area is 97.5 Å². The van der Waals surface area contributed by atoms with Crippen LogP contribution >= 0.6 is 0 Å². The summed E-state index contributed by atoms with van der Waals surface area (Å²) in [5, 5.41) is 2.24. The molecule has 1 aliphatic heterocycles. The van der Waals surface area contributed by atoms with Gasteiger partial charge in [-0.15, -0.1) is 0 Å². The standard InChI is InChI=1S/C10H16F3NO3/c1-3-16-8(15)9(4-5-17-7(9)2)14-6-10(11,12)13/h7,14H,3-6H2,1-2H3. The van der Waals surface area contributed by atoms with Gasteiger partial charge in [-0.3, -0.25) is 5.32 Å². The molecule has 1 rings (SSSR count). The van der Waals surface area contributed by atoms with Gasteiger partial charge in [-0.05, 0) is 13.8 Å². The van der Waals surface area contributed by atoms with Crippen LogP contribution in [0.15, 0.2) is 0 Å². The Morgan fingerprint density at radius 2 is 2.24 bits per heavy atom. The highest BCUT2D eigenvalue weighted by molar-refractivity contribution is 5.82. The zero-order valence-corrected chi connectivity index (χ0v) is 9.76. The van der Waals surface area contributed by atoms with Crippen molar-refractivity contribution in [1.29, 1.82) is 0 Å². The van der Waals surface area contributed by atoms with Gasteiger partial charge in [0.15, 0.2) is 0 Å². The summed E-state index contributed by atoms with van der Waals surface area (Å²) in [6.07, 6.45) is -4.82. The molecule has 0 radical (unpaired) electrons. The van der Waals surface area contributed by atoms with Crippen molar-refractivity contribution in [1.82, 2.24) is 5.32 Å². The molecule has 4 nitrogen and oxygen atoms in total. The third-order valence-corrected chi connectivity index (χ3v) is 2.80. The van der Waals surface area contributed by atoms with E-state index in [2.05, 4.69) is 5.32 Å². The topological polar surface area (TPSA) is 47.6 Å². The highest BCUT2D eigenvalue weighted by Crippen LogP contribution is 2.28. The van der Waals surface area contributed by atoms with E-state index in [-0.39, 0.29) is 19.6 Å². The maximum absolute atomic E-state index is 12.2. The van der Waals surface area contributed by atoms with Crippen LogP contribution in [0.4, 0.5) is 13.2 Å². The van der Waals surface area contributed by atoms with Gasteiger partial charge in [0.25, 0.3) is 0 Å². The first-order chi connectivity index (χ1) is 7.82. The smallest absolute Gasteiger partial charge is 0.401 e. The van der Waals surface area contributed by atoms with Gasteiger partial charge in [-0.25, -0.2) is 4.79 Å². The van der Waals surface area contributed by atoms with Crippen LogP contribution in [0.25, 0.3) is 0 Å². The van der Waals surface area contributed by atoms with Gasteiger partial charge in [0.2, 0.25) is 0 Å². The van der Waals surface area contributed by atoms with Crippen molar-refractivity contribution in [3.05, 3.63) is 0 Å². The number of nitrogens with one attached hydrogen (secondary N) is 1. The number of ether oxygens (including phenoxy) is 2. The van der Waals surface area contributed by atoms with Crippen molar-refractivity contribution < 1.29 is 27.4 Å². The van der Waals surface area contributed by atoms with Crippen LogP contribution in [0.5, 0.6) is 0 Å². The molecule has 2 atom stereocenters. The molecule has 1 heterocycles. The minimum Gasteiger partial charge on any atom is -0.465 e. The molecule has 0 aliphatic carbocycles. The monoisotopic (exact) mass is 255 g/mol. The van der Waals surface area contributed by atoms with E-state index in [1.54, 1.807) is 13.8 Å². The van der Waals surface area contributed by atoms with Gasteiger partial charge in [-0.1, -0.05) is 0 Å². The van der Waals surface area contributed by atoms with Gasteiger partial charge in [0, 0.05) is 13.0 Å². The van der Waals surface area contributed by atoms with Crippen LogP contribution in [-0.4, -0.2) is 43.5 Å². The Balaban J connectivity index is 2.76. The largest absolute Gasteiger partial charge is 0.465 e. The quantitative estimate of drug-likeness (QED) is 0.768.